The minimum Gasteiger partial charge on any atom is -0.465 e. The summed E-state index contributed by atoms with van der Waals surface area (Å²) in [5.41, 5.74) is -0.459. The highest BCUT2D eigenvalue weighted by Gasteiger charge is 2.20. The minimum absolute atomic E-state index is 0.0273. The summed E-state index contributed by atoms with van der Waals surface area (Å²) in [6.45, 7) is 3.71. The molecule has 0 aliphatic heterocycles. The summed E-state index contributed by atoms with van der Waals surface area (Å²) in [5, 5.41) is 3.61. The Morgan fingerprint density at radius 3 is 2.67 bits per heavy atom. The van der Waals surface area contributed by atoms with Gasteiger partial charge in [-0.05, 0) is 26.0 Å². The first-order chi connectivity index (χ1) is 9.93. The predicted molar refractivity (Wildman–Crippen MR) is 76.6 cm³/mol. The van der Waals surface area contributed by atoms with E-state index >= 15 is 0 Å². The summed E-state index contributed by atoms with van der Waals surface area (Å²) in [7, 11) is 1.11. The average Bonchev–Trinajstić information content (AvgIpc) is 2.90. The van der Waals surface area contributed by atoms with Crippen LogP contribution in [-0.4, -0.2) is 18.1 Å². The van der Waals surface area contributed by atoms with Crippen molar-refractivity contribution in [2.75, 3.05) is 12.4 Å². The maximum Gasteiger partial charge on any atom is 0.340 e. The number of aryl methyl sites for hydroxylation is 1. The molecule has 4 nitrogen and oxygen atoms in total. The molecule has 2 aromatic rings. The first-order valence-electron chi connectivity index (χ1n) is 6.19. The van der Waals surface area contributed by atoms with Crippen molar-refractivity contribution in [1.29, 1.82) is 0 Å². The van der Waals surface area contributed by atoms with Crippen LogP contribution in [0.2, 0.25) is 0 Å². The van der Waals surface area contributed by atoms with Crippen molar-refractivity contribution in [2.24, 2.45) is 0 Å². The Morgan fingerprint density at radius 1 is 1.38 bits per heavy atom. The lowest BCUT2D eigenvalue weighted by molar-refractivity contribution is 0.0594. The second-order valence-corrected chi connectivity index (χ2v) is 5.72. The molecular formula is C14H14F2N2O2S. The molecule has 2 rings (SSSR count). The van der Waals surface area contributed by atoms with Gasteiger partial charge in [0.05, 0.1) is 24.4 Å². The van der Waals surface area contributed by atoms with Gasteiger partial charge < -0.3 is 10.1 Å². The van der Waals surface area contributed by atoms with Crippen molar-refractivity contribution in [3.63, 3.8) is 0 Å². The van der Waals surface area contributed by atoms with Gasteiger partial charge in [-0.3, -0.25) is 0 Å². The Morgan fingerprint density at radius 2 is 2.10 bits per heavy atom. The maximum atomic E-state index is 14.0. The van der Waals surface area contributed by atoms with Crippen molar-refractivity contribution in [2.45, 2.75) is 19.9 Å². The summed E-state index contributed by atoms with van der Waals surface area (Å²) in [5.74, 6) is -3.26. The number of aromatic nitrogens is 1. The minimum atomic E-state index is -1.23. The second-order valence-electron chi connectivity index (χ2n) is 4.46. The summed E-state index contributed by atoms with van der Waals surface area (Å²) >= 11 is 1.47. The van der Waals surface area contributed by atoms with E-state index in [-0.39, 0.29) is 11.7 Å². The van der Waals surface area contributed by atoms with Gasteiger partial charge in [0.2, 0.25) is 0 Å². The molecule has 1 aromatic heterocycles. The summed E-state index contributed by atoms with van der Waals surface area (Å²) in [6.07, 6.45) is 1.72. The highest BCUT2D eigenvalue weighted by Crippen LogP contribution is 2.27. The smallest absolute Gasteiger partial charge is 0.340 e. The fourth-order valence-electron chi connectivity index (χ4n) is 1.80. The van der Waals surface area contributed by atoms with Gasteiger partial charge in [0.1, 0.15) is 5.01 Å². The molecule has 0 amide bonds. The van der Waals surface area contributed by atoms with Gasteiger partial charge in [-0.15, -0.1) is 11.3 Å². The van der Waals surface area contributed by atoms with Crippen LogP contribution in [0.4, 0.5) is 14.5 Å². The Labute approximate surface area is 124 Å². The van der Waals surface area contributed by atoms with E-state index in [2.05, 4.69) is 15.0 Å². The van der Waals surface area contributed by atoms with Crippen molar-refractivity contribution < 1.29 is 18.3 Å². The molecule has 1 N–H and O–H groups in total. The number of hydrogen-bond donors (Lipinski definition) is 1. The first-order valence-corrected chi connectivity index (χ1v) is 7.01. The largest absolute Gasteiger partial charge is 0.465 e. The standard InChI is InChI=1S/C14H14F2N2O2S/c1-7-6-17-13(21-7)8(2)18-10-5-4-9(14(19)20-3)11(15)12(10)16/h4-6,8,18H,1-3H3. The summed E-state index contributed by atoms with van der Waals surface area (Å²) < 4.78 is 32.2. The van der Waals surface area contributed by atoms with Gasteiger partial charge in [-0.2, -0.15) is 0 Å². The molecule has 0 aliphatic rings. The second kappa shape index (κ2) is 6.17. The molecular weight excluding hydrogens is 298 g/mol. The molecule has 0 aliphatic carbocycles. The van der Waals surface area contributed by atoms with Crippen LogP contribution in [0.25, 0.3) is 0 Å². The topological polar surface area (TPSA) is 51.2 Å². The molecule has 1 atom stereocenters. The molecule has 0 radical (unpaired) electrons. The van der Waals surface area contributed by atoms with E-state index in [0.29, 0.717) is 0 Å². The van der Waals surface area contributed by atoms with Crippen LogP contribution in [0.15, 0.2) is 18.3 Å². The third-order valence-corrected chi connectivity index (χ3v) is 3.96. The van der Waals surface area contributed by atoms with Gasteiger partial charge in [-0.25, -0.2) is 18.6 Å². The van der Waals surface area contributed by atoms with Crippen molar-refractivity contribution in [1.82, 2.24) is 4.98 Å². The van der Waals surface area contributed by atoms with E-state index in [9.17, 15) is 13.6 Å². The van der Waals surface area contributed by atoms with E-state index in [1.165, 1.54) is 23.5 Å². The molecule has 112 valence electrons. The Kier molecular flexibility index (Phi) is 4.52. The van der Waals surface area contributed by atoms with Gasteiger partial charge in [0.25, 0.3) is 0 Å². The predicted octanol–water partition coefficient (Wildman–Crippen LogP) is 3.69. The zero-order valence-electron chi connectivity index (χ0n) is 11.7. The van der Waals surface area contributed by atoms with Crippen LogP contribution in [0.5, 0.6) is 0 Å². The van der Waals surface area contributed by atoms with E-state index in [1.807, 2.05) is 6.92 Å². The fourth-order valence-corrected chi connectivity index (χ4v) is 2.57. The number of nitrogens with one attached hydrogen (secondary N) is 1. The van der Waals surface area contributed by atoms with E-state index in [0.717, 1.165) is 17.0 Å². The number of halogens is 2. The number of hydrogen-bond acceptors (Lipinski definition) is 5. The molecule has 1 aromatic carbocycles. The van der Waals surface area contributed by atoms with Gasteiger partial charge >= 0.3 is 5.97 Å². The highest BCUT2D eigenvalue weighted by atomic mass is 32.1. The molecule has 0 bridgehead atoms. The number of nitrogens with zero attached hydrogens (tertiary/aromatic N) is 1. The lowest BCUT2D eigenvalue weighted by Crippen LogP contribution is -2.11. The first kappa shape index (κ1) is 15.4. The monoisotopic (exact) mass is 312 g/mol. The zero-order chi connectivity index (χ0) is 15.6. The molecule has 0 saturated carbocycles. The molecule has 21 heavy (non-hydrogen) atoms. The van der Waals surface area contributed by atoms with E-state index in [4.69, 9.17) is 0 Å². The lowest BCUT2D eigenvalue weighted by Gasteiger charge is -2.14. The number of thiazole rings is 1. The number of methoxy groups -OCH3 is 1. The van der Waals surface area contributed by atoms with Crippen LogP contribution in [0, 0.1) is 18.6 Å². The molecule has 0 saturated heterocycles. The molecule has 1 heterocycles. The van der Waals surface area contributed by atoms with Crippen LogP contribution < -0.4 is 5.32 Å². The number of anilines is 1. The van der Waals surface area contributed by atoms with Crippen molar-refractivity contribution >= 4 is 23.0 Å². The molecule has 1 unspecified atom stereocenters. The number of carbonyl (C=O) groups excluding carboxylic acids is 1. The normalized spacial score (nSPS) is 12.0. The Balaban J connectivity index is 2.25. The summed E-state index contributed by atoms with van der Waals surface area (Å²) in [6, 6.07) is 2.22. The van der Waals surface area contributed by atoms with Crippen molar-refractivity contribution in [3.05, 3.63) is 45.4 Å². The number of rotatable bonds is 4. The van der Waals surface area contributed by atoms with Crippen molar-refractivity contribution in [3.8, 4) is 0 Å². The average molecular weight is 312 g/mol. The zero-order valence-corrected chi connectivity index (χ0v) is 12.6. The number of esters is 1. The number of carbonyl (C=O) groups is 1. The molecule has 0 fully saturated rings. The number of ether oxygens (including phenoxy) is 1. The summed E-state index contributed by atoms with van der Waals surface area (Å²) in [4.78, 5) is 16.5. The Bertz CT molecular complexity index is 673. The third kappa shape index (κ3) is 3.18. The van der Waals surface area contributed by atoms with Crippen LogP contribution in [-0.2, 0) is 4.74 Å². The van der Waals surface area contributed by atoms with Crippen LogP contribution in [0.1, 0.15) is 33.2 Å². The van der Waals surface area contributed by atoms with E-state index < -0.39 is 23.2 Å². The molecule has 0 spiro atoms. The molecule has 7 heteroatoms. The van der Waals surface area contributed by atoms with E-state index in [1.54, 1.807) is 13.1 Å². The van der Waals surface area contributed by atoms with Gasteiger partial charge in [-0.1, -0.05) is 0 Å². The highest BCUT2D eigenvalue weighted by molar-refractivity contribution is 7.11. The Hall–Kier alpha value is -2.02. The quantitative estimate of drug-likeness (QED) is 0.875. The third-order valence-electron chi connectivity index (χ3n) is 2.87. The number of benzene rings is 1. The lowest BCUT2D eigenvalue weighted by atomic mass is 10.1. The maximum absolute atomic E-state index is 14.0. The fraction of sp³-hybridized carbons (Fsp3) is 0.286. The van der Waals surface area contributed by atoms with Gasteiger partial charge in [0, 0.05) is 11.1 Å². The SMILES string of the molecule is COC(=O)c1ccc(NC(C)c2ncc(C)s2)c(F)c1F. The van der Waals surface area contributed by atoms with Crippen LogP contribution >= 0.6 is 11.3 Å². The van der Waals surface area contributed by atoms with Gasteiger partial charge in [0.15, 0.2) is 11.6 Å². The van der Waals surface area contributed by atoms with Crippen LogP contribution in [0.3, 0.4) is 0 Å².